The Morgan fingerprint density at radius 1 is 0.941 bits per heavy atom. The van der Waals surface area contributed by atoms with E-state index in [1.807, 2.05) is 0 Å². The third-order valence-electron chi connectivity index (χ3n) is 2.01. The Balaban J connectivity index is 2.91. The SMILES string of the molecule is CCCCOCCOCCOCCNC(C)=O. The van der Waals surface area contributed by atoms with E-state index in [1.165, 1.54) is 6.92 Å². The Morgan fingerprint density at radius 2 is 1.47 bits per heavy atom. The minimum absolute atomic E-state index is 0.0333. The van der Waals surface area contributed by atoms with Crippen LogP contribution in [0.3, 0.4) is 0 Å². The molecule has 0 atom stereocenters. The van der Waals surface area contributed by atoms with Gasteiger partial charge in [-0.3, -0.25) is 4.79 Å². The van der Waals surface area contributed by atoms with E-state index in [4.69, 9.17) is 14.2 Å². The molecule has 0 aliphatic rings. The van der Waals surface area contributed by atoms with Crippen LogP contribution in [0.5, 0.6) is 0 Å². The molecule has 1 amide bonds. The summed E-state index contributed by atoms with van der Waals surface area (Å²) in [6, 6.07) is 0. The molecule has 0 radical (unpaired) electrons. The highest BCUT2D eigenvalue weighted by atomic mass is 16.5. The Bertz CT molecular complexity index is 176. The van der Waals surface area contributed by atoms with E-state index in [1.54, 1.807) is 0 Å². The van der Waals surface area contributed by atoms with Crippen molar-refractivity contribution >= 4 is 5.91 Å². The second-order valence-electron chi connectivity index (χ2n) is 3.67. The number of rotatable bonds is 12. The number of hydrogen-bond acceptors (Lipinski definition) is 4. The normalized spacial score (nSPS) is 10.5. The zero-order valence-corrected chi connectivity index (χ0v) is 11.0. The van der Waals surface area contributed by atoms with Crippen LogP contribution in [0, 0.1) is 0 Å². The molecule has 5 nitrogen and oxygen atoms in total. The summed E-state index contributed by atoms with van der Waals surface area (Å²) < 4.78 is 15.9. The van der Waals surface area contributed by atoms with Gasteiger partial charge in [-0.05, 0) is 6.42 Å². The van der Waals surface area contributed by atoms with Gasteiger partial charge in [0, 0.05) is 20.1 Å². The van der Waals surface area contributed by atoms with Crippen molar-refractivity contribution in [2.75, 3.05) is 46.2 Å². The fraction of sp³-hybridized carbons (Fsp3) is 0.917. The number of unbranched alkanes of at least 4 members (excludes halogenated alkanes) is 1. The van der Waals surface area contributed by atoms with Gasteiger partial charge in [0.2, 0.25) is 5.91 Å². The van der Waals surface area contributed by atoms with Gasteiger partial charge in [-0.1, -0.05) is 13.3 Å². The van der Waals surface area contributed by atoms with Gasteiger partial charge in [0.25, 0.3) is 0 Å². The summed E-state index contributed by atoms with van der Waals surface area (Å²) in [4.78, 5) is 10.5. The first-order valence-electron chi connectivity index (χ1n) is 6.25. The van der Waals surface area contributed by atoms with E-state index in [9.17, 15) is 4.79 Å². The lowest BCUT2D eigenvalue weighted by atomic mass is 10.4. The van der Waals surface area contributed by atoms with Crippen LogP contribution in [-0.2, 0) is 19.0 Å². The zero-order valence-electron chi connectivity index (χ0n) is 11.0. The van der Waals surface area contributed by atoms with Gasteiger partial charge in [0.15, 0.2) is 0 Å². The molecule has 0 heterocycles. The third kappa shape index (κ3) is 15.4. The van der Waals surface area contributed by atoms with Crippen molar-refractivity contribution in [2.45, 2.75) is 26.7 Å². The molecule has 0 aromatic heterocycles. The summed E-state index contributed by atoms with van der Waals surface area (Å²) in [6.07, 6.45) is 2.26. The maximum atomic E-state index is 10.5. The number of ether oxygens (including phenoxy) is 3. The lowest BCUT2D eigenvalue weighted by molar-refractivity contribution is -0.119. The minimum Gasteiger partial charge on any atom is -0.379 e. The quantitative estimate of drug-likeness (QED) is 0.522. The van der Waals surface area contributed by atoms with Crippen LogP contribution in [0.2, 0.25) is 0 Å². The van der Waals surface area contributed by atoms with E-state index < -0.39 is 0 Å². The van der Waals surface area contributed by atoms with Gasteiger partial charge in [-0.2, -0.15) is 0 Å². The van der Waals surface area contributed by atoms with Crippen molar-refractivity contribution in [1.29, 1.82) is 0 Å². The van der Waals surface area contributed by atoms with Crippen LogP contribution >= 0.6 is 0 Å². The summed E-state index contributed by atoms with van der Waals surface area (Å²) in [7, 11) is 0. The first kappa shape index (κ1) is 16.4. The van der Waals surface area contributed by atoms with Crippen LogP contribution in [0.15, 0.2) is 0 Å². The Morgan fingerprint density at radius 3 is 2.00 bits per heavy atom. The topological polar surface area (TPSA) is 56.8 Å². The summed E-state index contributed by atoms with van der Waals surface area (Å²) in [5.74, 6) is -0.0333. The molecule has 0 fully saturated rings. The van der Waals surface area contributed by atoms with Crippen LogP contribution in [0.1, 0.15) is 26.7 Å². The number of carbonyl (C=O) groups is 1. The van der Waals surface area contributed by atoms with Gasteiger partial charge in [0.05, 0.1) is 33.0 Å². The molecule has 17 heavy (non-hydrogen) atoms. The fourth-order valence-electron chi connectivity index (χ4n) is 1.09. The maximum absolute atomic E-state index is 10.5. The van der Waals surface area contributed by atoms with Gasteiger partial charge in [-0.15, -0.1) is 0 Å². The molecule has 0 bridgehead atoms. The van der Waals surface area contributed by atoms with E-state index >= 15 is 0 Å². The highest BCUT2D eigenvalue weighted by Crippen LogP contribution is 1.87. The molecular weight excluding hydrogens is 222 g/mol. The van der Waals surface area contributed by atoms with Crippen molar-refractivity contribution in [3.63, 3.8) is 0 Å². The molecule has 0 unspecified atom stereocenters. The van der Waals surface area contributed by atoms with Gasteiger partial charge < -0.3 is 19.5 Å². The van der Waals surface area contributed by atoms with Crippen molar-refractivity contribution in [1.82, 2.24) is 5.32 Å². The average molecular weight is 247 g/mol. The molecule has 102 valence electrons. The van der Waals surface area contributed by atoms with Gasteiger partial charge in [-0.25, -0.2) is 0 Å². The van der Waals surface area contributed by atoms with Gasteiger partial charge in [0.1, 0.15) is 0 Å². The largest absolute Gasteiger partial charge is 0.379 e. The molecule has 0 spiro atoms. The third-order valence-corrected chi connectivity index (χ3v) is 2.01. The van der Waals surface area contributed by atoms with Crippen LogP contribution in [0.4, 0.5) is 0 Å². The van der Waals surface area contributed by atoms with Crippen LogP contribution in [-0.4, -0.2) is 52.1 Å². The predicted octanol–water partition coefficient (Wildman–Crippen LogP) is 0.972. The van der Waals surface area contributed by atoms with Crippen molar-refractivity contribution in [2.24, 2.45) is 0 Å². The average Bonchev–Trinajstić information content (AvgIpc) is 2.30. The highest BCUT2D eigenvalue weighted by molar-refractivity contribution is 5.72. The molecular formula is C12H25NO4. The molecule has 0 aromatic carbocycles. The second kappa shape index (κ2) is 13.4. The molecule has 0 aliphatic heterocycles. The van der Waals surface area contributed by atoms with Gasteiger partial charge >= 0.3 is 0 Å². The van der Waals surface area contributed by atoms with E-state index in [0.717, 1.165) is 19.4 Å². The molecule has 0 aromatic rings. The second-order valence-corrected chi connectivity index (χ2v) is 3.67. The summed E-state index contributed by atoms with van der Waals surface area (Å²) >= 11 is 0. The fourth-order valence-corrected chi connectivity index (χ4v) is 1.09. The summed E-state index contributed by atoms with van der Waals surface area (Å²) in [6.45, 7) is 7.88. The Hall–Kier alpha value is -0.650. The molecule has 0 saturated carbocycles. The summed E-state index contributed by atoms with van der Waals surface area (Å²) in [5, 5.41) is 2.65. The number of amides is 1. The summed E-state index contributed by atoms with van der Waals surface area (Å²) in [5.41, 5.74) is 0. The van der Waals surface area contributed by atoms with Crippen LogP contribution in [0.25, 0.3) is 0 Å². The Kier molecular flexibility index (Phi) is 12.9. The standard InChI is InChI=1S/C12H25NO4/c1-3-4-6-15-8-10-17-11-9-16-7-5-13-12(2)14/h3-11H2,1-2H3,(H,13,14). The molecule has 1 N–H and O–H groups in total. The molecule has 5 heteroatoms. The van der Waals surface area contributed by atoms with E-state index in [2.05, 4.69) is 12.2 Å². The highest BCUT2D eigenvalue weighted by Gasteiger charge is 1.92. The van der Waals surface area contributed by atoms with E-state index in [-0.39, 0.29) is 5.91 Å². The minimum atomic E-state index is -0.0333. The zero-order chi connectivity index (χ0) is 12.8. The smallest absolute Gasteiger partial charge is 0.216 e. The van der Waals surface area contributed by atoms with Crippen molar-refractivity contribution in [3.8, 4) is 0 Å². The Labute approximate surface area is 104 Å². The molecule has 0 saturated heterocycles. The number of carbonyl (C=O) groups excluding carboxylic acids is 1. The van der Waals surface area contributed by atoms with Crippen LogP contribution < -0.4 is 5.32 Å². The first-order valence-corrected chi connectivity index (χ1v) is 6.25. The van der Waals surface area contributed by atoms with E-state index in [0.29, 0.717) is 39.6 Å². The maximum Gasteiger partial charge on any atom is 0.216 e. The number of hydrogen-bond donors (Lipinski definition) is 1. The van der Waals surface area contributed by atoms with Crippen molar-refractivity contribution < 1.29 is 19.0 Å². The van der Waals surface area contributed by atoms with Crippen molar-refractivity contribution in [3.05, 3.63) is 0 Å². The predicted molar refractivity (Wildman–Crippen MR) is 66.0 cm³/mol. The molecule has 0 aliphatic carbocycles. The first-order chi connectivity index (χ1) is 8.27. The lowest BCUT2D eigenvalue weighted by Gasteiger charge is -2.06. The molecule has 0 rings (SSSR count). The monoisotopic (exact) mass is 247 g/mol. The lowest BCUT2D eigenvalue weighted by Crippen LogP contribution is -2.25. The number of nitrogens with one attached hydrogen (secondary N) is 1.